The largest absolute Gasteiger partial charge is 0.462 e. The molecule has 0 radical (unpaired) electrons. The lowest BCUT2D eigenvalue weighted by molar-refractivity contribution is -0.384. The lowest BCUT2D eigenvalue weighted by Crippen LogP contribution is -2.33. The minimum Gasteiger partial charge on any atom is -0.462 e. The second kappa shape index (κ2) is 12.8. The van der Waals surface area contributed by atoms with Crippen molar-refractivity contribution in [2.24, 2.45) is 11.8 Å². The van der Waals surface area contributed by atoms with Gasteiger partial charge < -0.3 is 14.8 Å². The Hall–Kier alpha value is -4.73. The Bertz CT molecular complexity index is 1490. The van der Waals surface area contributed by atoms with Crippen molar-refractivity contribution in [3.63, 3.8) is 0 Å². The van der Waals surface area contributed by atoms with Crippen LogP contribution in [0.2, 0.25) is 0 Å². The zero-order valence-electron chi connectivity index (χ0n) is 24.7. The molecule has 0 spiro atoms. The van der Waals surface area contributed by atoms with E-state index in [1.54, 1.807) is 36.9 Å². The lowest BCUT2D eigenvalue weighted by atomic mass is 9.79. The van der Waals surface area contributed by atoms with Gasteiger partial charge in [0.15, 0.2) is 0 Å². The smallest absolute Gasteiger partial charge is 0.336 e. The zero-order valence-corrected chi connectivity index (χ0v) is 24.7. The van der Waals surface area contributed by atoms with Crippen LogP contribution in [0, 0.1) is 22.0 Å². The number of carbonyl (C=O) groups is 2. The number of esters is 2. The Kier molecular flexibility index (Phi) is 9.25. The van der Waals surface area contributed by atoms with Gasteiger partial charge in [-0.25, -0.2) is 14.3 Å². The van der Waals surface area contributed by atoms with Gasteiger partial charge in [-0.2, -0.15) is 5.10 Å². The number of aromatic nitrogens is 2. The molecule has 0 aliphatic carbocycles. The summed E-state index contributed by atoms with van der Waals surface area (Å²) in [6.07, 6.45) is 1.79. The molecule has 1 aromatic heterocycles. The Morgan fingerprint density at radius 2 is 1.43 bits per heavy atom. The van der Waals surface area contributed by atoms with Crippen LogP contribution in [0.5, 0.6) is 0 Å². The normalized spacial score (nSPS) is 13.9. The Balaban J connectivity index is 1.96. The first-order chi connectivity index (χ1) is 20.0. The van der Waals surface area contributed by atoms with E-state index >= 15 is 0 Å². The van der Waals surface area contributed by atoms with E-state index in [2.05, 4.69) is 5.32 Å². The monoisotopic (exact) mass is 572 g/mol. The Morgan fingerprint density at radius 3 is 1.90 bits per heavy atom. The number of hydrogen-bond acceptors (Lipinski definition) is 8. The summed E-state index contributed by atoms with van der Waals surface area (Å²) in [5, 5.41) is 19.4. The highest BCUT2D eigenvalue weighted by Crippen LogP contribution is 2.43. The number of nitrogens with zero attached hydrogens (tertiary/aromatic N) is 3. The summed E-state index contributed by atoms with van der Waals surface area (Å²) < 4.78 is 13.1. The summed E-state index contributed by atoms with van der Waals surface area (Å²) in [6, 6.07) is 15.5. The van der Waals surface area contributed by atoms with Gasteiger partial charge in [-0.3, -0.25) is 10.1 Å². The van der Waals surface area contributed by atoms with Gasteiger partial charge in [0.05, 0.1) is 46.6 Å². The van der Waals surface area contributed by atoms with E-state index in [1.807, 2.05) is 58.0 Å². The molecule has 0 saturated carbocycles. The number of rotatable bonds is 10. The first-order valence-electron chi connectivity index (χ1n) is 13.9. The summed E-state index contributed by atoms with van der Waals surface area (Å²) in [5.74, 6) is -1.78. The van der Waals surface area contributed by atoms with Crippen molar-refractivity contribution in [1.82, 2.24) is 15.1 Å². The molecule has 42 heavy (non-hydrogen) atoms. The fourth-order valence-corrected chi connectivity index (χ4v) is 4.76. The predicted molar refractivity (Wildman–Crippen MR) is 159 cm³/mol. The molecule has 0 fully saturated rings. The summed E-state index contributed by atoms with van der Waals surface area (Å²) in [5.41, 5.74) is 3.95. The van der Waals surface area contributed by atoms with Crippen LogP contribution in [0.25, 0.3) is 16.9 Å². The van der Waals surface area contributed by atoms with Crippen molar-refractivity contribution in [2.45, 2.75) is 47.5 Å². The van der Waals surface area contributed by atoms with E-state index in [0.717, 1.165) is 5.69 Å². The minimum absolute atomic E-state index is 0.0629. The van der Waals surface area contributed by atoms with Crippen LogP contribution in [-0.4, -0.2) is 39.9 Å². The van der Waals surface area contributed by atoms with Gasteiger partial charge >= 0.3 is 11.9 Å². The molecular formula is C32H36N4O6. The average Bonchev–Trinajstić information content (AvgIpc) is 3.40. The van der Waals surface area contributed by atoms with Crippen molar-refractivity contribution >= 4 is 17.6 Å². The number of ether oxygens (including phenoxy) is 2. The number of dihydropyridines is 1. The number of nitrogens with one attached hydrogen (secondary N) is 1. The van der Waals surface area contributed by atoms with E-state index in [9.17, 15) is 19.7 Å². The van der Waals surface area contributed by atoms with Crippen LogP contribution in [0.3, 0.4) is 0 Å². The number of nitro groups is 1. The molecule has 0 atom stereocenters. The summed E-state index contributed by atoms with van der Waals surface area (Å²) in [6.45, 7) is 11.7. The van der Waals surface area contributed by atoms with Gasteiger partial charge in [0.1, 0.15) is 0 Å². The van der Waals surface area contributed by atoms with Crippen LogP contribution in [0.1, 0.15) is 53.0 Å². The maximum atomic E-state index is 13.7. The van der Waals surface area contributed by atoms with Crippen LogP contribution in [0.15, 0.2) is 83.3 Å². The molecule has 0 unspecified atom stereocenters. The molecule has 0 amide bonds. The SMILES string of the molecule is CC1=C(C(=O)OCC(C)C)C(c2cn(-c3ccccc3)nc2-c2ccc([N+](=O)[O-])cc2)C(C(=O)OCC(C)C)=C(C)N1. The first-order valence-corrected chi connectivity index (χ1v) is 13.9. The van der Waals surface area contributed by atoms with Gasteiger partial charge in [-0.15, -0.1) is 0 Å². The second-order valence-corrected chi connectivity index (χ2v) is 11.1. The highest BCUT2D eigenvalue weighted by molar-refractivity contribution is 6.00. The number of benzene rings is 2. The molecule has 10 heteroatoms. The van der Waals surface area contributed by atoms with Gasteiger partial charge in [0, 0.05) is 40.9 Å². The summed E-state index contributed by atoms with van der Waals surface area (Å²) in [4.78, 5) is 38.2. The van der Waals surface area contributed by atoms with E-state index in [4.69, 9.17) is 14.6 Å². The molecule has 4 rings (SSSR count). The number of hydrogen-bond donors (Lipinski definition) is 1. The summed E-state index contributed by atoms with van der Waals surface area (Å²) >= 11 is 0. The van der Waals surface area contributed by atoms with Crippen molar-refractivity contribution in [3.05, 3.63) is 99.0 Å². The average molecular weight is 573 g/mol. The molecule has 3 aromatic rings. The fourth-order valence-electron chi connectivity index (χ4n) is 4.76. The van der Waals surface area contributed by atoms with Crippen molar-refractivity contribution < 1.29 is 24.0 Å². The van der Waals surface area contributed by atoms with Gasteiger partial charge in [-0.1, -0.05) is 45.9 Å². The number of allylic oxidation sites excluding steroid dienone is 2. The fraction of sp³-hybridized carbons (Fsp3) is 0.344. The van der Waals surface area contributed by atoms with Crippen molar-refractivity contribution in [1.29, 1.82) is 0 Å². The summed E-state index contributed by atoms with van der Waals surface area (Å²) in [7, 11) is 0. The number of carbonyl (C=O) groups excluding carboxylic acids is 2. The number of nitro benzene ring substituents is 1. The highest BCUT2D eigenvalue weighted by Gasteiger charge is 2.40. The molecule has 0 saturated heterocycles. The molecular weight excluding hydrogens is 536 g/mol. The second-order valence-electron chi connectivity index (χ2n) is 11.1. The van der Waals surface area contributed by atoms with Crippen LogP contribution in [-0.2, 0) is 19.1 Å². The van der Waals surface area contributed by atoms with Gasteiger partial charge in [0.2, 0.25) is 0 Å². The van der Waals surface area contributed by atoms with Crippen LogP contribution in [0.4, 0.5) is 5.69 Å². The van der Waals surface area contributed by atoms with E-state index in [1.165, 1.54) is 12.1 Å². The Morgan fingerprint density at radius 1 is 0.905 bits per heavy atom. The molecule has 2 heterocycles. The molecule has 220 valence electrons. The molecule has 2 aromatic carbocycles. The number of non-ortho nitro benzene ring substituents is 1. The molecule has 1 aliphatic heterocycles. The van der Waals surface area contributed by atoms with Crippen LogP contribution < -0.4 is 5.32 Å². The third-order valence-corrected chi connectivity index (χ3v) is 6.72. The predicted octanol–water partition coefficient (Wildman–Crippen LogP) is 6.08. The third kappa shape index (κ3) is 6.59. The van der Waals surface area contributed by atoms with Crippen molar-refractivity contribution in [2.75, 3.05) is 13.2 Å². The number of para-hydroxylation sites is 1. The van der Waals surface area contributed by atoms with E-state index < -0.39 is 22.8 Å². The van der Waals surface area contributed by atoms with E-state index in [0.29, 0.717) is 28.2 Å². The minimum atomic E-state index is -0.881. The lowest BCUT2D eigenvalue weighted by Gasteiger charge is -2.30. The third-order valence-electron chi connectivity index (χ3n) is 6.72. The molecule has 0 bridgehead atoms. The molecule has 1 aliphatic rings. The first kappa shape index (κ1) is 30.2. The maximum Gasteiger partial charge on any atom is 0.336 e. The quantitative estimate of drug-likeness (QED) is 0.176. The zero-order chi connectivity index (χ0) is 30.6. The van der Waals surface area contributed by atoms with Crippen LogP contribution >= 0.6 is 0 Å². The maximum absolute atomic E-state index is 13.7. The Labute approximate surface area is 245 Å². The molecule has 10 nitrogen and oxygen atoms in total. The van der Waals surface area contributed by atoms with Gasteiger partial charge in [0.25, 0.3) is 5.69 Å². The van der Waals surface area contributed by atoms with Gasteiger partial charge in [-0.05, 0) is 49.9 Å². The van der Waals surface area contributed by atoms with Crippen molar-refractivity contribution in [3.8, 4) is 16.9 Å². The molecule has 1 N–H and O–H groups in total. The van der Waals surface area contributed by atoms with E-state index in [-0.39, 0.29) is 41.9 Å². The topological polar surface area (TPSA) is 126 Å². The highest BCUT2D eigenvalue weighted by atomic mass is 16.6. The standard InChI is InChI=1S/C32H36N4O6/c1-19(2)17-41-31(37)27-21(5)33-22(6)28(32(38)42-18-20(3)4)29(27)26-16-35(24-10-8-7-9-11-24)34-30(26)23-12-14-25(15-13-23)36(39)40/h7-16,19-20,29,33H,17-18H2,1-6H3.